The molecule has 0 fully saturated rings. The molecule has 23 heavy (non-hydrogen) atoms. The van der Waals surface area contributed by atoms with Gasteiger partial charge in [-0.2, -0.15) is 22.5 Å². The number of aromatic nitrogens is 1. The number of anilines is 1. The van der Waals surface area contributed by atoms with Gasteiger partial charge in [0.1, 0.15) is 18.0 Å². The van der Waals surface area contributed by atoms with Crippen LogP contribution in [0.25, 0.3) is 0 Å². The normalized spacial score (nSPS) is 10.9. The van der Waals surface area contributed by atoms with Gasteiger partial charge in [-0.15, -0.1) is 0 Å². The molecule has 0 saturated carbocycles. The number of ether oxygens (including phenoxy) is 1. The van der Waals surface area contributed by atoms with Gasteiger partial charge in [-0.25, -0.2) is 8.78 Å². The molecule has 1 aromatic heterocycles. The summed E-state index contributed by atoms with van der Waals surface area (Å²) in [5, 5.41) is 2.20. The monoisotopic (exact) mass is 336 g/mol. The third-order valence-corrected chi connectivity index (χ3v) is 2.74. The number of benzene rings is 1. The van der Waals surface area contributed by atoms with E-state index in [1.165, 1.54) is 24.3 Å². The largest absolute Gasteiger partial charge is 0.488 e. The Balaban J connectivity index is 2.11. The van der Waals surface area contributed by atoms with Crippen molar-refractivity contribution in [2.75, 3.05) is 11.9 Å². The summed E-state index contributed by atoms with van der Waals surface area (Å²) in [6, 6.07) is 5.74. The SMILES string of the molecule is Fc1nc(F)c(F)c(NCc2cccc(OCC(F)F)c2)c1F. The van der Waals surface area contributed by atoms with Gasteiger partial charge in [0.25, 0.3) is 18.3 Å². The van der Waals surface area contributed by atoms with Gasteiger partial charge < -0.3 is 10.1 Å². The van der Waals surface area contributed by atoms with Crippen LogP contribution in [0.4, 0.5) is 32.0 Å². The van der Waals surface area contributed by atoms with Crippen molar-refractivity contribution in [2.24, 2.45) is 0 Å². The van der Waals surface area contributed by atoms with Crippen molar-refractivity contribution >= 4 is 5.69 Å². The molecular formula is C14H10F6N2O. The molecule has 9 heteroatoms. The van der Waals surface area contributed by atoms with Crippen LogP contribution in [0.1, 0.15) is 5.56 Å². The van der Waals surface area contributed by atoms with E-state index >= 15 is 0 Å². The molecule has 2 rings (SSSR count). The Kier molecular flexibility index (Phi) is 5.30. The maximum absolute atomic E-state index is 13.4. The Bertz CT molecular complexity index is 669. The molecule has 1 N–H and O–H groups in total. The Labute approximate surface area is 126 Å². The molecule has 0 unspecified atom stereocenters. The van der Waals surface area contributed by atoms with Crippen molar-refractivity contribution in [1.82, 2.24) is 4.98 Å². The topological polar surface area (TPSA) is 34.2 Å². The minimum atomic E-state index is -2.65. The van der Waals surface area contributed by atoms with Crippen LogP contribution in [0, 0.1) is 23.5 Å². The molecule has 3 nitrogen and oxygen atoms in total. The van der Waals surface area contributed by atoms with E-state index in [4.69, 9.17) is 4.74 Å². The average molecular weight is 336 g/mol. The van der Waals surface area contributed by atoms with E-state index < -0.39 is 42.2 Å². The zero-order chi connectivity index (χ0) is 17.0. The molecule has 0 aliphatic rings. The Hall–Kier alpha value is -2.45. The second-order valence-electron chi connectivity index (χ2n) is 4.40. The molecule has 0 radical (unpaired) electrons. The molecule has 124 valence electrons. The third-order valence-electron chi connectivity index (χ3n) is 2.74. The number of nitrogens with one attached hydrogen (secondary N) is 1. The number of hydrogen-bond donors (Lipinski definition) is 1. The van der Waals surface area contributed by atoms with Gasteiger partial charge in [0.05, 0.1) is 0 Å². The van der Waals surface area contributed by atoms with E-state index in [0.717, 1.165) is 0 Å². The number of hydrogen-bond acceptors (Lipinski definition) is 3. The number of alkyl halides is 2. The average Bonchev–Trinajstić information content (AvgIpc) is 2.51. The van der Waals surface area contributed by atoms with Crippen LogP contribution in [0.2, 0.25) is 0 Å². The number of halogens is 6. The fourth-order valence-electron chi connectivity index (χ4n) is 1.74. The smallest absolute Gasteiger partial charge is 0.272 e. The van der Waals surface area contributed by atoms with Crippen molar-refractivity contribution < 1.29 is 31.1 Å². The van der Waals surface area contributed by atoms with Gasteiger partial charge >= 0.3 is 0 Å². The van der Waals surface area contributed by atoms with Gasteiger partial charge in [0.15, 0.2) is 0 Å². The third kappa shape index (κ3) is 4.27. The highest BCUT2D eigenvalue weighted by atomic mass is 19.3. The van der Waals surface area contributed by atoms with E-state index in [0.29, 0.717) is 5.56 Å². The van der Waals surface area contributed by atoms with Crippen molar-refractivity contribution in [3.63, 3.8) is 0 Å². The lowest BCUT2D eigenvalue weighted by Gasteiger charge is -2.11. The molecule has 0 saturated heterocycles. The minimum Gasteiger partial charge on any atom is -0.488 e. The van der Waals surface area contributed by atoms with Gasteiger partial charge in [0, 0.05) is 6.54 Å². The van der Waals surface area contributed by atoms with Crippen LogP contribution in [-0.2, 0) is 6.54 Å². The summed E-state index contributed by atoms with van der Waals surface area (Å²) in [6.07, 6.45) is -2.65. The van der Waals surface area contributed by atoms with Crippen LogP contribution in [-0.4, -0.2) is 18.0 Å². The lowest BCUT2D eigenvalue weighted by molar-refractivity contribution is 0.0818. The Morgan fingerprint density at radius 2 is 1.70 bits per heavy atom. The fraction of sp³-hybridized carbons (Fsp3) is 0.214. The summed E-state index contributed by atoms with van der Waals surface area (Å²) in [4.78, 5) is 2.43. The van der Waals surface area contributed by atoms with Crippen LogP contribution < -0.4 is 10.1 Å². The van der Waals surface area contributed by atoms with Crippen molar-refractivity contribution in [3.05, 3.63) is 53.4 Å². The van der Waals surface area contributed by atoms with Crippen LogP contribution in [0.3, 0.4) is 0 Å². The van der Waals surface area contributed by atoms with E-state index in [1.54, 1.807) is 0 Å². The van der Waals surface area contributed by atoms with Crippen molar-refractivity contribution in [3.8, 4) is 5.75 Å². The highest BCUT2D eigenvalue weighted by Gasteiger charge is 2.20. The van der Waals surface area contributed by atoms with E-state index in [1.807, 2.05) is 0 Å². The van der Waals surface area contributed by atoms with Crippen molar-refractivity contribution in [2.45, 2.75) is 13.0 Å². The standard InChI is InChI=1S/C14H10F6N2O/c15-9(16)6-23-8-3-1-2-7(4-8)5-21-12-10(17)13(19)22-14(20)11(12)18/h1-4,9H,5-6H2,(H,21,22). The predicted molar refractivity (Wildman–Crippen MR) is 69.3 cm³/mol. The summed E-state index contributed by atoms with van der Waals surface area (Å²) in [5.41, 5.74) is -0.609. The molecule has 1 aromatic carbocycles. The lowest BCUT2D eigenvalue weighted by Crippen LogP contribution is -2.10. The molecule has 0 bridgehead atoms. The number of pyridine rings is 1. The van der Waals surface area contributed by atoms with E-state index in [2.05, 4.69) is 10.3 Å². The first kappa shape index (κ1) is 16.9. The first-order valence-electron chi connectivity index (χ1n) is 6.32. The molecule has 0 spiro atoms. The second kappa shape index (κ2) is 7.21. The summed E-state index contributed by atoms with van der Waals surface area (Å²) >= 11 is 0. The number of rotatable bonds is 6. The molecule has 1 heterocycles. The first-order chi connectivity index (χ1) is 10.9. The van der Waals surface area contributed by atoms with E-state index in [9.17, 15) is 26.3 Å². The lowest BCUT2D eigenvalue weighted by atomic mass is 10.2. The zero-order valence-corrected chi connectivity index (χ0v) is 11.4. The highest BCUT2D eigenvalue weighted by molar-refractivity contribution is 5.46. The Morgan fingerprint density at radius 3 is 2.30 bits per heavy atom. The second-order valence-corrected chi connectivity index (χ2v) is 4.40. The fourth-order valence-corrected chi connectivity index (χ4v) is 1.74. The minimum absolute atomic E-state index is 0.123. The molecule has 0 aliphatic heterocycles. The molecule has 2 aromatic rings. The molecule has 0 aliphatic carbocycles. The summed E-state index contributed by atoms with van der Waals surface area (Å²) in [5.74, 6) is -6.75. The number of nitrogens with zero attached hydrogens (tertiary/aromatic N) is 1. The van der Waals surface area contributed by atoms with Gasteiger partial charge in [-0.05, 0) is 17.7 Å². The van der Waals surface area contributed by atoms with Gasteiger partial charge in [-0.1, -0.05) is 12.1 Å². The van der Waals surface area contributed by atoms with Gasteiger partial charge in [0.2, 0.25) is 11.6 Å². The van der Waals surface area contributed by atoms with Gasteiger partial charge in [-0.3, -0.25) is 0 Å². The highest BCUT2D eigenvalue weighted by Crippen LogP contribution is 2.23. The predicted octanol–water partition coefficient (Wildman–Crippen LogP) is 3.89. The maximum atomic E-state index is 13.4. The molecule has 0 amide bonds. The molecule has 0 atom stereocenters. The van der Waals surface area contributed by atoms with Crippen LogP contribution in [0.5, 0.6) is 5.75 Å². The summed E-state index contributed by atoms with van der Waals surface area (Å²) in [6.45, 7) is -1.02. The molecular weight excluding hydrogens is 326 g/mol. The summed E-state index contributed by atoms with van der Waals surface area (Å²) in [7, 11) is 0. The zero-order valence-electron chi connectivity index (χ0n) is 11.4. The summed E-state index contributed by atoms with van der Waals surface area (Å²) < 4.78 is 81.7. The Morgan fingerprint density at radius 1 is 1.04 bits per heavy atom. The van der Waals surface area contributed by atoms with E-state index in [-0.39, 0.29) is 12.3 Å². The quantitative estimate of drug-likeness (QED) is 0.642. The van der Waals surface area contributed by atoms with Crippen molar-refractivity contribution in [1.29, 1.82) is 0 Å². The maximum Gasteiger partial charge on any atom is 0.272 e. The first-order valence-corrected chi connectivity index (χ1v) is 6.32. The van der Waals surface area contributed by atoms with Crippen LogP contribution >= 0.6 is 0 Å². The van der Waals surface area contributed by atoms with Crippen LogP contribution in [0.15, 0.2) is 24.3 Å².